The second kappa shape index (κ2) is 13.2. The van der Waals surface area contributed by atoms with Crippen LogP contribution >= 0.6 is 27.7 Å². The minimum Gasteiger partial charge on any atom is -0.493 e. The Morgan fingerprint density at radius 2 is 1.80 bits per heavy atom. The van der Waals surface area contributed by atoms with E-state index in [1.165, 1.54) is 7.11 Å². The first kappa shape index (κ1) is 28.7. The third kappa shape index (κ3) is 7.10. The van der Waals surface area contributed by atoms with Crippen molar-refractivity contribution in [2.75, 3.05) is 50.2 Å². The van der Waals surface area contributed by atoms with Gasteiger partial charge in [0.2, 0.25) is 5.91 Å². The predicted octanol–water partition coefficient (Wildman–Crippen LogP) is 5.55. The number of anilines is 2. The number of hydrogen-bond acceptors (Lipinski definition) is 8. The van der Waals surface area contributed by atoms with Gasteiger partial charge < -0.3 is 24.4 Å². The van der Waals surface area contributed by atoms with Gasteiger partial charge in [-0.25, -0.2) is 0 Å². The van der Waals surface area contributed by atoms with E-state index >= 15 is 0 Å². The van der Waals surface area contributed by atoms with Gasteiger partial charge in [-0.3, -0.25) is 19.3 Å². The van der Waals surface area contributed by atoms with E-state index in [4.69, 9.17) is 14.2 Å². The van der Waals surface area contributed by atoms with Crippen LogP contribution in [0.5, 0.6) is 11.5 Å². The number of carbonyl (C=O) groups is 3. The highest BCUT2D eigenvalue weighted by molar-refractivity contribution is 9.10. The summed E-state index contributed by atoms with van der Waals surface area (Å²) in [5.41, 5.74) is 3.27. The molecular formula is C30H28BrN3O6S. The molecule has 0 bridgehead atoms. The Labute approximate surface area is 250 Å². The molecule has 41 heavy (non-hydrogen) atoms. The molecule has 0 spiro atoms. The first-order chi connectivity index (χ1) is 19.9. The Balaban J connectivity index is 1.22. The number of methoxy groups -OCH3 is 1. The van der Waals surface area contributed by atoms with Gasteiger partial charge in [-0.1, -0.05) is 30.3 Å². The maximum atomic E-state index is 13.0. The fourth-order valence-corrected chi connectivity index (χ4v) is 5.81. The Bertz CT molecular complexity index is 1460. The number of hydrogen-bond donors (Lipinski definition) is 1. The fraction of sp³-hybridized carbons (Fsp3) is 0.233. The van der Waals surface area contributed by atoms with Crippen molar-refractivity contribution >= 4 is 62.2 Å². The number of rotatable bonds is 9. The van der Waals surface area contributed by atoms with Gasteiger partial charge in [-0.15, -0.1) is 0 Å². The van der Waals surface area contributed by atoms with Crippen LogP contribution in [0.2, 0.25) is 0 Å². The highest BCUT2D eigenvalue weighted by atomic mass is 79.9. The molecule has 11 heteroatoms. The number of benzene rings is 3. The molecule has 2 fully saturated rings. The van der Waals surface area contributed by atoms with Crippen LogP contribution < -0.4 is 19.7 Å². The van der Waals surface area contributed by atoms with Crippen LogP contribution in [-0.4, -0.2) is 61.9 Å². The molecule has 9 nitrogen and oxygen atoms in total. The summed E-state index contributed by atoms with van der Waals surface area (Å²) in [5, 5.41) is 2.26. The summed E-state index contributed by atoms with van der Waals surface area (Å²) in [4.78, 5) is 41.7. The van der Waals surface area contributed by atoms with Gasteiger partial charge in [0.15, 0.2) is 11.5 Å². The number of halogens is 1. The third-order valence-corrected chi connectivity index (χ3v) is 7.97. The minimum atomic E-state index is -0.530. The standard InChI is InChI=1S/C30H28BrN3O6S/c1-38-25-16-21(15-24(31)28(25)40-19-20-5-3-2-4-6-20)17-26-29(36)34(30(37)41-26)18-27(35)32-22-7-9-23(10-8-22)33-11-13-39-14-12-33/h2-10,15-17H,11-14,18-19H2,1H3,(H,32,35)/b26-17+. The van der Waals surface area contributed by atoms with E-state index in [1.807, 2.05) is 42.5 Å². The number of nitrogens with one attached hydrogen (secondary N) is 1. The van der Waals surface area contributed by atoms with E-state index in [2.05, 4.69) is 26.1 Å². The van der Waals surface area contributed by atoms with Crippen molar-refractivity contribution < 1.29 is 28.6 Å². The van der Waals surface area contributed by atoms with Crippen LogP contribution in [0.25, 0.3) is 6.08 Å². The van der Waals surface area contributed by atoms with Crippen LogP contribution in [0.1, 0.15) is 11.1 Å². The number of imide groups is 1. The molecule has 0 saturated carbocycles. The van der Waals surface area contributed by atoms with Crippen LogP contribution in [0.4, 0.5) is 16.2 Å². The van der Waals surface area contributed by atoms with Gasteiger partial charge in [-0.2, -0.15) is 0 Å². The molecule has 2 saturated heterocycles. The Kier molecular flexibility index (Phi) is 9.28. The van der Waals surface area contributed by atoms with Crippen molar-refractivity contribution in [1.29, 1.82) is 0 Å². The quantitative estimate of drug-likeness (QED) is 0.305. The molecule has 1 N–H and O–H groups in total. The first-order valence-electron chi connectivity index (χ1n) is 12.9. The van der Waals surface area contributed by atoms with Gasteiger partial charge in [-0.05, 0) is 81.3 Å². The second-order valence-electron chi connectivity index (χ2n) is 9.27. The van der Waals surface area contributed by atoms with Crippen molar-refractivity contribution in [3.63, 3.8) is 0 Å². The minimum absolute atomic E-state index is 0.213. The lowest BCUT2D eigenvalue weighted by molar-refractivity contribution is -0.127. The van der Waals surface area contributed by atoms with Crippen LogP contribution in [0.3, 0.4) is 0 Å². The van der Waals surface area contributed by atoms with E-state index in [0.29, 0.717) is 47.0 Å². The van der Waals surface area contributed by atoms with Crippen LogP contribution in [0.15, 0.2) is 76.1 Å². The van der Waals surface area contributed by atoms with Crippen molar-refractivity contribution in [3.05, 3.63) is 87.2 Å². The van der Waals surface area contributed by atoms with E-state index in [1.54, 1.807) is 30.3 Å². The number of carbonyl (C=O) groups excluding carboxylic acids is 3. The van der Waals surface area contributed by atoms with E-state index < -0.39 is 17.1 Å². The molecule has 0 aromatic heterocycles. The molecule has 2 heterocycles. The summed E-state index contributed by atoms with van der Waals surface area (Å²) in [6, 6.07) is 20.7. The smallest absolute Gasteiger partial charge is 0.294 e. The molecule has 0 radical (unpaired) electrons. The number of ether oxygens (including phenoxy) is 3. The van der Waals surface area contributed by atoms with E-state index in [9.17, 15) is 14.4 Å². The molecule has 3 amide bonds. The average molecular weight is 639 g/mol. The zero-order chi connectivity index (χ0) is 28.8. The third-order valence-electron chi connectivity index (χ3n) is 6.48. The van der Waals surface area contributed by atoms with Gasteiger partial charge in [0, 0.05) is 24.5 Å². The molecular weight excluding hydrogens is 610 g/mol. The maximum Gasteiger partial charge on any atom is 0.294 e. The lowest BCUT2D eigenvalue weighted by Crippen LogP contribution is -2.36. The highest BCUT2D eigenvalue weighted by Crippen LogP contribution is 2.39. The molecule has 2 aliphatic heterocycles. The molecule has 0 aliphatic carbocycles. The Morgan fingerprint density at radius 3 is 2.51 bits per heavy atom. The summed E-state index contributed by atoms with van der Waals surface area (Å²) < 4.78 is 17.5. The molecule has 5 rings (SSSR count). The molecule has 0 unspecified atom stereocenters. The maximum absolute atomic E-state index is 13.0. The Morgan fingerprint density at radius 1 is 1.07 bits per heavy atom. The summed E-state index contributed by atoms with van der Waals surface area (Å²) in [5.74, 6) is 0.00497. The molecule has 3 aromatic rings. The molecule has 212 valence electrons. The number of amides is 3. The van der Waals surface area contributed by atoms with Crippen molar-refractivity contribution in [3.8, 4) is 11.5 Å². The fourth-order valence-electron chi connectivity index (χ4n) is 4.40. The van der Waals surface area contributed by atoms with Gasteiger partial charge in [0.25, 0.3) is 11.1 Å². The Hall–Kier alpha value is -3.80. The van der Waals surface area contributed by atoms with Crippen LogP contribution in [-0.2, 0) is 20.9 Å². The van der Waals surface area contributed by atoms with Crippen molar-refractivity contribution in [1.82, 2.24) is 4.90 Å². The highest BCUT2D eigenvalue weighted by Gasteiger charge is 2.36. The molecule has 2 aliphatic rings. The predicted molar refractivity (Wildman–Crippen MR) is 162 cm³/mol. The zero-order valence-electron chi connectivity index (χ0n) is 22.3. The molecule has 3 aromatic carbocycles. The normalized spacial score (nSPS) is 16.3. The lowest BCUT2D eigenvalue weighted by Gasteiger charge is -2.28. The van der Waals surface area contributed by atoms with Crippen LogP contribution in [0, 0.1) is 0 Å². The van der Waals surface area contributed by atoms with Crippen molar-refractivity contribution in [2.45, 2.75) is 6.61 Å². The largest absolute Gasteiger partial charge is 0.493 e. The monoisotopic (exact) mass is 637 g/mol. The SMILES string of the molecule is COc1cc(/C=C2/SC(=O)N(CC(=O)Nc3ccc(N4CCOCC4)cc3)C2=O)cc(Br)c1OCc1ccccc1. The summed E-state index contributed by atoms with van der Waals surface area (Å²) in [6.07, 6.45) is 1.60. The molecule has 0 atom stereocenters. The summed E-state index contributed by atoms with van der Waals surface area (Å²) in [6.45, 7) is 2.97. The number of thioether (sulfide) groups is 1. The van der Waals surface area contributed by atoms with Gasteiger partial charge in [0.05, 0.1) is 29.7 Å². The summed E-state index contributed by atoms with van der Waals surface area (Å²) >= 11 is 4.32. The van der Waals surface area contributed by atoms with E-state index in [0.717, 1.165) is 41.0 Å². The first-order valence-corrected chi connectivity index (χ1v) is 14.5. The number of morpholine rings is 1. The second-order valence-corrected chi connectivity index (χ2v) is 11.1. The average Bonchev–Trinajstić information content (AvgIpc) is 3.24. The van der Waals surface area contributed by atoms with E-state index in [-0.39, 0.29) is 11.4 Å². The lowest BCUT2D eigenvalue weighted by atomic mass is 10.1. The van der Waals surface area contributed by atoms with Gasteiger partial charge >= 0.3 is 0 Å². The number of nitrogens with zero attached hydrogens (tertiary/aromatic N) is 2. The zero-order valence-corrected chi connectivity index (χ0v) is 24.7. The summed E-state index contributed by atoms with van der Waals surface area (Å²) in [7, 11) is 1.53. The topological polar surface area (TPSA) is 97.4 Å². The van der Waals surface area contributed by atoms with Gasteiger partial charge in [0.1, 0.15) is 13.2 Å². The van der Waals surface area contributed by atoms with Crippen molar-refractivity contribution in [2.24, 2.45) is 0 Å².